The summed E-state index contributed by atoms with van der Waals surface area (Å²) in [5, 5.41) is 3.58. The fourth-order valence-electron chi connectivity index (χ4n) is 4.67. The predicted molar refractivity (Wildman–Crippen MR) is 136 cm³/mol. The van der Waals surface area contributed by atoms with E-state index in [0.717, 1.165) is 55.3 Å². The van der Waals surface area contributed by atoms with Crippen molar-refractivity contribution in [1.29, 1.82) is 0 Å². The van der Waals surface area contributed by atoms with Crippen molar-refractivity contribution in [3.05, 3.63) is 36.5 Å². The molecule has 4 aromatic rings. The van der Waals surface area contributed by atoms with Gasteiger partial charge in [0.05, 0.1) is 11.9 Å². The molecule has 2 aliphatic rings. The molecular formula is C25H32N8O. The zero-order chi connectivity index (χ0) is 23.9. The van der Waals surface area contributed by atoms with Gasteiger partial charge < -0.3 is 20.4 Å². The van der Waals surface area contributed by atoms with E-state index in [9.17, 15) is 0 Å². The van der Waals surface area contributed by atoms with E-state index in [1.807, 2.05) is 50.4 Å². The van der Waals surface area contributed by atoms with Gasteiger partial charge in [0.25, 0.3) is 6.01 Å². The fraction of sp³-hybridized carbons (Fsp3) is 0.440. The van der Waals surface area contributed by atoms with Gasteiger partial charge in [0.1, 0.15) is 16.9 Å². The fourth-order valence-corrected chi connectivity index (χ4v) is 4.67. The highest BCUT2D eigenvalue weighted by Gasteiger charge is 2.37. The SMILES string of the molecule is CC.CC1(C)CN(C2CN(c3cnc4ccc(-c5ccc6oc(N)nc6c5)nc4n3)C2)CCN1. The quantitative estimate of drug-likeness (QED) is 0.476. The molecule has 6 rings (SSSR count). The number of oxazole rings is 1. The second-order valence-electron chi connectivity index (χ2n) is 9.34. The number of anilines is 2. The maximum Gasteiger partial charge on any atom is 0.292 e. The van der Waals surface area contributed by atoms with Crippen LogP contribution in [0.3, 0.4) is 0 Å². The highest BCUT2D eigenvalue weighted by molar-refractivity contribution is 5.82. The zero-order valence-electron chi connectivity index (χ0n) is 20.2. The Hall–Kier alpha value is -3.30. The Kier molecular flexibility index (Phi) is 5.83. The number of hydrogen-bond acceptors (Lipinski definition) is 9. The third kappa shape index (κ3) is 4.28. The van der Waals surface area contributed by atoms with Crippen molar-refractivity contribution in [1.82, 2.24) is 30.2 Å². The summed E-state index contributed by atoms with van der Waals surface area (Å²) in [4.78, 5) is 23.3. The summed E-state index contributed by atoms with van der Waals surface area (Å²) in [6.45, 7) is 13.7. The molecule has 178 valence electrons. The Morgan fingerprint density at radius 3 is 2.68 bits per heavy atom. The lowest BCUT2D eigenvalue weighted by Crippen LogP contribution is -2.67. The van der Waals surface area contributed by atoms with Crippen molar-refractivity contribution in [3.8, 4) is 11.3 Å². The minimum atomic E-state index is 0.163. The average Bonchev–Trinajstić information content (AvgIpc) is 3.17. The second-order valence-corrected chi connectivity index (χ2v) is 9.34. The maximum atomic E-state index is 5.67. The number of nitrogens with two attached hydrogens (primary N) is 1. The van der Waals surface area contributed by atoms with Crippen molar-refractivity contribution in [2.24, 2.45) is 0 Å². The number of piperazine rings is 1. The lowest BCUT2D eigenvalue weighted by atomic mass is 9.98. The van der Waals surface area contributed by atoms with E-state index in [2.05, 4.69) is 38.9 Å². The van der Waals surface area contributed by atoms with Gasteiger partial charge in [-0.3, -0.25) is 4.90 Å². The van der Waals surface area contributed by atoms with Gasteiger partial charge in [-0.05, 0) is 44.2 Å². The van der Waals surface area contributed by atoms with E-state index >= 15 is 0 Å². The first-order valence-electron chi connectivity index (χ1n) is 12.0. The molecule has 34 heavy (non-hydrogen) atoms. The monoisotopic (exact) mass is 460 g/mol. The highest BCUT2D eigenvalue weighted by atomic mass is 16.4. The van der Waals surface area contributed by atoms with Crippen molar-refractivity contribution in [2.75, 3.05) is 43.4 Å². The van der Waals surface area contributed by atoms with Crippen molar-refractivity contribution in [3.63, 3.8) is 0 Å². The van der Waals surface area contributed by atoms with Crippen LogP contribution in [0.4, 0.5) is 11.8 Å². The summed E-state index contributed by atoms with van der Waals surface area (Å²) < 4.78 is 5.37. The molecular weight excluding hydrogens is 428 g/mol. The molecule has 0 bridgehead atoms. The van der Waals surface area contributed by atoms with Gasteiger partial charge in [0.2, 0.25) is 0 Å². The van der Waals surface area contributed by atoms with Crippen molar-refractivity contribution >= 4 is 34.1 Å². The molecule has 0 atom stereocenters. The normalized spacial score (nSPS) is 18.5. The molecule has 2 aliphatic heterocycles. The minimum Gasteiger partial charge on any atom is -0.424 e. The second kappa shape index (κ2) is 8.81. The topological polar surface area (TPSA) is 109 Å². The van der Waals surface area contributed by atoms with Crippen LogP contribution in [-0.2, 0) is 0 Å². The number of hydrogen-bond donors (Lipinski definition) is 2. The van der Waals surface area contributed by atoms with Crippen LogP contribution >= 0.6 is 0 Å². The number of aromatic nitrogens is 4. The van der Waals surface area contributed by atoms with Crippen LogP contribution < -0.4 is 16.0 Å². The number of benzene rings is 1. The van der Waals surface area contributed by atoms with Crippen LogP contribution in [0.1, 0.15) is 27.7 Å². The summed E-state index contributed by atoms with van der Waals surface area (Å²) in [6.07, 6.45) is 1.85. The lowest BCUT2D eigenvalue weighted by molar-refractivity contribution is 0.0928. The molecule has 2 saturated heterocycles. The van der Waals surface area contributed by atoms with E-state index in [1.54, 1.807) is 0 Å². The Labute approximate surface area is 199 Å². The van der Waals surface area contributed by atoms with Crippen molar-refractivity contribution < 1.29 is 4.42 Å². The van der Waals surface area contributed by atoms with Crippen LogP contribution in [0.15, 0.2) is 40.9 Å². The molecule has 5 heterocycles. The molecule has 0 unspecified atom stereocenters. The number of nitrogens with zero attached hydrogens (tertiary/aromatic N) is 6. The van der Waals surface area contributed by atoms with Crippen LogP contribution in [-0.4, -0.2) is 69.1 Å². The third-order valence-electron chi connectivity index (χ3n) is 6.40. The number of rotatable bonds is 3. The van der Waals surface area contributed by atoms with Crippen LogP contribution in [0.2, 0.25) is 0 Å². The van der Waals surface area contributed by atoms with Gasteiger partial charge in [-0.25, -0.2) is 15.0 Å². The zero-order valence-corrected chi connectivity index (χ0v) is 20.2. The van der Waals surface area contributed by atoms with E-state index in [4.69, 9.17) is 20.1 Å². The Bertz CT molecular complexity index is 1310. The molecule has 9 heteroatoms. The number of fused-ring (bicyclic) bond motifs is 2. The molecule has 9 nitrogen and oxygen atoms in total. The Morgan fingerprint density at radius 2 is 1.88 bits per heavy atom. The van der Waals surface area contributed by atoms with E-state index in [0.29, 0.717) is 22.8 Å². The molecule has 3 aromatic heterocycles. The predicted octanol–water partition coefficient (Wildman–Crippen LogP) is 3.31. The van der Waals surface area contributed by atoms with Gasteiger partial charge in [-0.2, -0.15) is 4.98 Å². The minimum absolute atomic E-state index is 0.163. The molecule has 0 radical (unpaired) electrons. The van der Waals surface area contributed by atoms with Gasteiger partial charge in [0.15, 0.2) is 11.2 Å². The Morgan fingerprint density at radius 1 is 1.06 bits per heavy atom. The number of nitrogens with one attached hydrogen (secondary N) is 1. The van der Waals surface area contributed by atoms with E-state index in [-0.39, 0.29) is 11.6 Å². The first-order chi connectivity index (χ1) is 16.4. The first-order valence-corrected chi connectivity index (χ1v) is 12.0. The molecule has 2 fully saturated rings. The first kappa shape index (κ1) is 22.5. The van der Waals surface area contributed by atoms with Gasteiger partial charge in [-0.15, -0.1) is 0 Å². The van der Waals surface area contributed by atoms with E-state index < -0.39 is 0 Å². The molecule has 0 saturated carbocycles. The largest absolute Gasteiger partial charge is 0.424 e. The lowest BCUT2D eigenvalue weighted by Gasteiger charge is -2.50. The van der Waals surface area contributed by atoms with Gasteiger partial charge in [0, 0.05) is 49.9 Å². The molecule has 0 amide bonds. The molecule has 1 aromatic carbocycles. The summed E-state index contributed by atoms with van der Waals surface area (Å²) in [5.41, 5.74) is 10.4. The van der Waals surface area contributed by atoms with Crippen molar-refractivity contribution in [2.45, 2.75) is 39.3 Å². The molecule has 3 N–H and O–H groups in total. The summed E-state index contributed by atoms with van der Waals surface area (Å²) in [6, 6.07) is 10.4. The standard InChI is InChI=1S/C23H26N8O.C2H6/c1-23(2)13-30(8-7-26-23)15-11-31(12-15)20-10-25-17-5-4-16(27-21(17)29-20)14-3-6-19-18(9-14)28-22(24)32-19;1-2/h3-6,9-10,15,26H,7-8,11-13H2,1-2H3,(H2,24,28);1-2H3. The average molecular weight is 461 g/mol. The maximum absolute atomic E-state index is 5.67. The van der Waals surface area contributed by atoms with Gasteiger partial charge >= 0.3 is 0 Å². The highest BCUT2D eigenvalue weighted by Crippen LogP contribution is 2.27. The number of nitrogen functional groups attached to an aromatic ring is 1. The third-order valence-corrected chi connectivity index (χ3v) is 6.40. The van der Waals surface area contributed by atoms with Crippen LogP contribution in [0, 0.1) is 0 Å². The van der Waals surface area contributed by atoms with Gasteiger partial charge in [-0.1, -0.05) is 13.8 Å². The summed E-state index contributed by atoms with van der Waals surface area (Å²) in [7, 11) is 0. The summed E-state index contributed by atoms with van der Waals surface area (Å²) in [5.74, 6) is 0.882. The van der Waals surface area contributed by atoms with Crippen LogP contribution in [0.25, 0.3) is 33.5 Å². The molecule has 0 aliphatic carbocycles. The van der Waals surface area contributed by atoms with Crippen LogP contribution in [0.5, 0.6) is 0 Å². The Balaban J connectivity index is 0.00000117. The smallest absolute Gasteiger partial charge is 0.292 e. The van der Waals surface area contributed by atoms with E-state index in [1.165, 1.54) is 0 Å². The number of pyridine rings is 1. The molecule has 0 spiro atoms. The summed E-state index contributed by atoms with van der Waals surface area (Å²) >= 11 is 0.